The summed E-state index contributed by atoms with van der Waals surface area (Å²) in [4.78, 5) is 12.2. The second kappa shape index (κ2) is 4.73. The van der Waals surface area contributed by atoms with Crippen molar-refractivity contribution in [3.05, 3.63) is 35.4 Å². The standard InChI is InChI=1S/C15H22N2O/c1-10-5-4-6-12(9-10)11(2)17-14(18)15(3,16)13-7-8-13/h4-6,9,11,13H,7-8,16H2,1-3H3,(H,17,18)/t11-,15?/m0/s1. The van der Waals surface area contributed by atoms with Crippen LogP contribution in [-0.4, -0.2) is 11.4 Å². The SMILES string of the molecule is Cc1cccc([C@H](C)NC(=O)C(C)(N)C2CC2)c1. The number of aryl methyl sites for hydroxylation is 1. The quantitative estimate of drug-likeness (QED) is 0.856. The zero-order valence-corrected chi connectivity index (χ0v) is 11.4. The zero-order chi connectivity index (χ0) is 13.3. The molecule has 1 aromatic rings. The highest BCUT2D eigenvalue weighted by molar-refractivity contribution is 5.86. The Morgan fingerprint density at radius 3 is 2.72 bits per heavy atom. The van der Waals surface area contributed by atoms with Crippen molar-refractivity contribution in [1.82, 2.24) is 5.32 Å². The van der Waals surface area contributed by atoms with Crippen LogP contribution < -0.4 is 11.1 Å². The molecule has 0 radical (unpaired) electrons. The second-order valence-corrected chi connectivity index (χ2v) is 5.67. The van der Waals surface area contributed by atoms with Gasteiger partial charge in [-0.2, -0.15) is 0 Å². The number of amides is 1. The smallest absolute Gasteiger partial charge is 0.240 e. The van der Waals surface area contributed by atoms with Gasteiger partial charge in [0.15, 0.2) is 0 Å². The number of hydrogen-bond acceptors (Lipinski definition) is 2. The minimum atomic E-state index is -0.724. The first-order valence-electron chi connectivity index (χ1n) is 6.57. The third-order valence-electron chi connectivity index (χ3n) is 3.80. The molecule has 0 aliphatic heterocycles. The maximum atomic E-state index is 12.2. The monoisotopic (exact) mass is 246 g/mol. The summed E-state index contributed by atoms with van der Waals surface area (Å²) in [6.45, 7) is 5.88. The van der Waals surface area contributed by atoms with Crippen molar-refractivity contribution in [3.63, 3.8) is 0 Å². The minimum Gasteiger partial charge on any atom is -0.348 e. The highest BCUT2D eigenvalue weighted by Crippen LogP contribution is 2.38. The summed E-state index contributed by atoms with van der Waals surface area (Å²) in [6.07, 6.45) is 2.14. The van der Waals surface area contributed by atoms with Crippen LogP contribution in [0, 0.1) is 12.8 Å². The van der Waals surface area contributed by atoms with Gasteiger partial charge in [0.2, 0.25) is 5.91 Å². The Morgan fingerprint density at radius 1 is 1.50 bits per heavy atom. The molecule has 3 nitrogen and oxygen atoms in total. The third-order valence-corrected chi connectivity index (χ3v) is 3.80. The van der Waals surface area contributed by atoms with Gasteiger partial charge in [0.05, 0.1) is 11.6 Å². The summed E-state index contributed by atoms with van der Waals surface area (Å²) >= 11 is 0. The van der Waals surface area contributed by atoms with Crippen molar-refractivity contribution in [3.8, 4) is 0 Å². The Labute approximate surface area is 109 Å². The van der Waals surface area contributed by atoms with Gasteiger partial charge >= 0.3 is 0 Å². The minimum absolute atomic E-state index is 0.000903. The molecule has 1 aliphatic rings. The molecule has 1 amide bonds. The van der Waals surface area contributed by atoms with Gasteiger partial charge in [0.1, 0.15) is 0 Å². The number of nitrogens with one attached hydrogen (secondary N) is 1. The van der Waals surface area contributed by atoms with Gasteiger partial charge in [-0.3, -0.25) is 4.79 Å². The lowest BCUT2D eigenvalue weighted by molar-refractivity contribution is -0.127. The molecule has 1 aromatic carbocycles. The Hall–Kier alpha value is -1.35. The van der Waals surface area contributed by atoms with Crippen LogP contribution in [0.25, 0.3) is 0 Å². The number of hydrogen-bond donors (Lipinski definition) is 2. The van der Waals surface area contributed by atoms with Crippen molar-refractivity contribution in [2.75, 3.05) is 0 Å². The van der Waals surface area contributed by atoms with E-state index in [2.05, 4.69) is 24.4 Å². The molecule has 98 valence electrons. The first-order chi connectivity index (χ1) is 8.41. The van der Waals surface area contributed by atoms with E-state index in [1.165, 1.54) is 5.56 Å². The molecule has 0 heterocycles. The zero-order valence-electron chi connectivity index (χ0n) is 11.4. The van der Waals surface area contributed by atoms with Crippen LogP contribution in [0.5, 0.6) is 0 Å². The maximum Gasteiger partial charge on any atom is 0.240 e. The average Bonchev–Trinajstić information content (AvgIpc) is 3.12. The molecule has 0 aromatic heterocycles. The van der Waals surface area contributed by atoms with E-state index in [4.69, 9.17) is 5.73 Å². The summed E-state index contributed by atoms with van der Waals surface area (Å²) in [6, 6.07) is 8.18. The molecule has 0 saturated heterocycles. The number of benzene rings is 1. The molecule has 3 heteroatoms. The number of nitrogens with two attached hydrogens (primary N) is 1. The number of rotatable bonds is 4. The number of carbonyl (C=O) groups is 1. The first-order valence-corrected chi connectivity index (χ1v) is 6.57. The van der Waals surface area contributed by atoms with Crippen LogP contribution in [-0.2, 0) is 4.79 Å². The molecule has 18 heavy (non-hydrogen) atoms. The highest BCUT2D eigenvalue weighted by Gasteiger charge is 2.44. The van der Waals surface area contributed by atoms with Crippen LogP contribution in [0.2, 0.25) is 0 Å². The second-order valence-electron chi connectivity index (χ2n) is 5.67. The van der Waals surface area contributed by atoms with Gasteiger partial charge in [-0.05, 0) is 45.1 Å². The summed E-state index contributed by atoms with van der Waals surface area (Å²) < 4.78 is 0. The number of carbonyl (C=O) groups excluding carboxylic acids is 1. The fraction of sp³-hybridized carbons (Fsp3) is 0.533. The van der Waals surface area contributed by atoms with E-state index in [0.29, 0.717) is 5.92 Å². The van der Waals surface area contributed by atoms with Crippen LogP contribution in [0.3, 0.4) is 0 Å². The normalized spacial score (nSPS) is 20.0. The van der Waals surface area contributed by atoms with Crippen molar-refractivity contribution in [1.29, 1.82) is 0 Å². The third kappa shape index (κ3) is 2.72. The fourth-order valence-electron chi connectivity index (χ4n) is 2.24. The summed E-state index contributed by atoms with van der Waals surface area (Å²) in [5.41, 5.74) is 7.71. The lowest BCUT2D eigenvalue weighted by Gasteiger charge is -2.26. The highest BCUT2D eigenvalue weighted by atomic mass is 16.2. The molecule has 0 bridgehead atoms. The van der Waals surface area contributed by atoms with Gasteiger partial charge < -0.3 is 11.1 Å². The molecule has 3 N–H and O–H groups in total. The molecular weight excluding hydrogens is 224 g/mol. The Balaban J connectivity index is 2.03. The fourth-order valence-corrected chi connectivity index (χ4v) is 2.24. The van der Waals surface area contributed by atoms with Gasteiger partial charge in [-0.15, -0.1) is 0 Å². The van der Waals surface area contributed by atoms with Crippen molar-refractivity contribution < 1.29 is 4.79 Å². The Bertz CT molecular complexity index is 450. The lowest BCUT2D eigenvalue weighted by atomic mass is 9.95. The lowest BCUT2D eigenvalue weighted by Crippen LogP contribution is -2.53. The van der Waals surface area contributed by atoms with Crippen LogP contribution in [0.15, 0.2) is 24.3 Å². The predicted molar refractivity (Wildman–Crippen MR) is 73.1 cm³/mol. The van der Waals surface area contributed by atoms with Crippen molar-refractivity contribution in [2.24, 2.45) is 11.7 Å². The van der Waals surface area contributed by atoms with E-state index in [1.54, 1.807) is 0 Å². The van der Waals surface area contributed by atoms with E-state index in [9.17, 15) is 4.79 Å². The van der Waals surface area contributed by atoms with Gasteiger partial charge in [0.25, 0.3) is 0 Å². The van der Waals surface area contributed by atoms with Crippen molar-refractivity contribution >= 4 is 5.91 Å². The molecule has 0 spiro atoms. The van der Waals surface area contributed by atoms with E-state index < -0.39 is 5.54 Å². The van der Waals surface area contributed by atoms with Gasteiger partial charge in [-0.1, -0.05) is 29.8 Å². The molecule has 2 rings (SSSR count). The largest absolute Gasteiger partial charge is 0.348 e. The Kier molecular flexibility index (Phi) is 3.44. The van der Waals surface area contributed by atoms with Crippen molar-refractivity contribution in [2.45, 2.75) is 45.2 Å². The maximum absolute atomic E-state index is 12.2. The summed E-state index contributed by atoms with van der Waals surface area (Å²) in [5, 5.41) is 3.02. The van der Waals surface area contributed by atoms with E-state index in [-0.39, 0.29) is 11.9 Å². The van der Waals surface area contributed by atoms with Crippen LogP contribution >= 0.6 is 0 Å². The molecule has 1 unspecified atom stereocenters. The molecule has 2 atom stereocenters. The van der Waals surface area contributed by atoms with Crippen LogP contribution in [0.1, 0.15) is 43.9 Å². The Morgan fingerprint density at radius 2 is 2.17 bits per heavy atom. The molecule has 1 saturated carbocycles. The van der Waals surface area contributed by atoms with E-state index in [0.717, 1.165) is 18.4 Å². The van der Waals surface area contributed by atoms with Gasteiger partial charge in [-0.25, -0.2) is 0 Å². The van der Waals surface area contributed by atoms with E-state index in [1.807, 2.05) is 26.0 Å². The topological polar surface area (TPSA) is 55.1 Å². The van der Waals surface area contributed by atoms with Gasteiger partial charge in [0, 0.05) is 0 Å². The average molecular weight is 246 g/mol. The molecular formula is C15H22N2O. The summed E-state index contributed by atoms with van der Waals surface area (Å²) in [5.74, 6) is 0.307. The molecule has 1 aliphatic carbocycles. The molecule has 1 fully saturated rings. The van der Waals surface area contributed by atoms with E-state index >= 15 is 0 Å². The first kappa shape index (κ1) is 13.1. The summed E-state index contributed by atoms with van der Waals surface area (Å²) in [7, 11) is 0. The van der Waals surface area contributed by atoms with Crippen LogP contribution in [0.4, 0.5) is 0 Å². The predicted octanol–water partition coefficient (Wildman–Crippen LogP) is 2.30.